The van der Waals surface area contributed by atoms with E-state index in [2.05, 4.69) is 9.97 Å². The number of nitrogens with zero attached hydrogens (tertiary/aromatic N) is 1. The van der Waals surface area contributed by atoms with Crippen molar-refractivity contribution in [2.75, 3.05) is 6.54 Å². The Bertz CT molecular complexity index is 709. The van der Waals surface area contributed by atoms with Crippen LogP contribution in [0.4, 0.5) is 17.6 Å². The highest BCUT2D eigenvalue weighted by molar-refractivity contribution is 5.61. The van der Waals surface area contributed by atoms with Gasteiger partial charge >= 0.3 is 6.18 Å². The van der Waals surface area contributed by atoms with E-state index >= 15 is 0 Å². The molecule has 1 heterocycles. The minimum absolute atomic E-state index is 0.200. The number of alkyl halides is 3. The number of aromatic amines is 1. The molecule has 0 aliphatic carbocycles. The SMILES string of the molecule is NCCc1cc(=O)[nH]c(-c2ccc(F)cc2C(F)(F)F)n1. The monoisotopic (exact) mass is 301 g/mol. The predicted molar refractivity (Wildman–Crippen MR) is 68.0 cm³/mol. The van der Waals surface area contributed by atoms with Gasteiger partial charge in [0.2, 0.25) is 0 Å². The van der Waals surface area contributed by atoms with E-state index < -0.39 is 23.1 Å². The van der Waals surface area contributed by atoms with E-state index in [1.54, 1.807) is 0 Å². The highest BCUT2D eigenvalue weighted by Gasteiger charge is 2.34. The van der Waals surface area contributed by atoms with Gasteiger partial charge in [0.15, 0.2) is 0 Å². The van der Waals surface area contributed by atoms with Crippen molar-refractivity contribution in [3.8, 4) is 11.4 Å². The van der Waals surface area contributed by atoms with Crippen LogP contribution in [0.2, 0.25) is 0 Å². The van der Waals surface area contributed by atoms with Crippen molar-refractivity contribution in [3.05, 3.63) is 51.7 Å². The van der Waals surface area contributed by atoms with Crippen molar-refractivity contribution < 1.29 is 17.6 Å². The van der Waals surface area contributed by atoms with Gasteiger partial charge in [-0.25, -0.2) is 9.37 Å². The summed E-state index contributed by atoms with van der Waals surface area (Å²) < 4.78 is 51.9. The highest BCUT2D eigenvalue weighted by Crippen LogP contribution is 2.36. The van der Waals surface area contributed by atoms with Gasteiger partial charge < -0.3 is 10.7 Å². The van der Waals surface area contributed by atoms with Crippen molar-refractivity contribution in [3.63, 3.8) is 0 Å². The van der Waals surface area contributed by atoms with E-state index in [1.165, 1.54) is 0 Å². The number of hydrogen-bond acceptors (Lipinski definition) is 3. The smallest absolute Gasteiger partial charge is 0.330 e. The Morgan fingerprint density at radius 1 is 1.24 bits per heavy atom. The maximum Gasteiger partial charge on any atom is 0.417 e. The lowest BCUT2D eigenvalue weighted by molar-refractivity contribution is -0.137. The summed E-state index contributed by atoms with van der Waals surface area (Å²) in [6.45, 7) is 0.200. The number of nitrogens with one attached hydrogen (secondary N) is 1. The molecule has 0 aliphatic rings. The van der Waals surface area contributed by atoms with Gasteiger partial charge in [0.05, 0.1) is 5.56 Å². The van der Waals surface area contributed by atoms with E-state index in [1.807, 2.05) is 0 Å². The summed E-state index contributed by atoms with van der Waals surface area (Å²) in [4.78, 5) is 17.7. The van der Waals surface area contributed by atoms with Crippen LogP contribution < -0.4 is 11.3 Å². The Balaban J connectivity index is 2.64. The lowest BCUT2D eigenvalue weighted by atomic mass is 10.1. The third kappa shape index (κ3) is 3.46. The zero-order valence-corrected chi connectivity index (χ0v) is 10.7. The van der Waals surface area contributed by atoms with Crippen LogP contribution >= 0.6 is 0 Å². The molecule has 1 aromatic carbocycles. The van der Waals surface area contributed by atoms with Crippen molar-refractivity contribution >= 4 is 0 Å². The molecule has 8 heteroatoms. The molecular formula is C13H11F4N3O. The van der Waals surface area contributed by atoms with Crippen LogP contribution in [0.3, 0.4) is 0 Å². The van der Waals surface area contributed by atoms with Crippen LogP contribution in [0.15, 0.2) is 29.1 Å². The molecule has 0 saturated carbocycles. The second-order valence-electron chi connectivity index (χ2n) is 4.31. The van der Waals surface area contributed by atoms with Crippen LogP contribution in [0, 0.1) is 5.82 Å². The summed E-state index contributed by atoms with van der Waals surface area (Å²) in [5.74, 6) is -1.29. The minimum Gasteiger partial charge on any atom is -0.330 e. The molecule has 0 spiro atoms. The number of aromatic nitrogens is 2. The van der Waals surface area contributed by atoms with Crippen molar-refractivity contribution in [1.82, 2.24) is 9.97 Å². The fourth-order valence-corrected chi connectivity index (χ4v) is 1.87. The number of benzene rings is 1. The fourth-order valence-electron chi connectivity index (χ4n) is 1.87. The van der Waals surface area contributed by atoms with Crippen molar-refractivity contribution in [2.45, 2.75) is 12.6 Å². The van der Waals surface area contributed by atoms with Gasteiger partial charge in [-0.2, -0.15) is 13.2 Å². The molecule has 0 unspecified atom stereocenters. The van der Waals surface area contributed by atoms with Crippen LogP contribution in [-0.2, 0) is 12.6 Å². The van der Waals surface area contributed by atoms with Crippen molar-refractivity contribution in [2.24, 2.45) is 5.73 Å². The van der Waals surface area contributed by atoms with E-state index in [9.17, 15) is 22.4 Å². The third-order valence-corrected chi connectivity index (χ3v) is 2.74. The average molecular weight is 301 g/mol. The first-order valence-corrected chi connectivity index (χ1v) is 5.98. The van der Waals surface area contributed by atoms with Crippen LogP contribution in [0.1, 0.15) is 11.3 Å². The van der Waals surface area contributed by atoms with Gasteiger partial charge in [-0.1, -0.05) is 0 Å². The highest BCUT2D eigenvalue weighted by atomic mass is 19.4. The molecule has 0 aliphatic heterocycles. The van der Waals surface area contributed by atoms with Gasteiger partial charge in [-0.15, -0.1) is 0 Å². The number of H-pyrrole nitrogens is 1. The molecule has 2 rings (SSSR count). The maximum absolute atomic E-state index is 13.1. The molecule has 0 atom stereocenters. The summed E-state index contributed by atoms with van der Waals surface area (Å²) in [6.07, 6.45) is -4.51. The van der Waals surface area contributed by atoms with Gasteiger partial charge in [-0.3, -0.25) is 4.79 Å². The van der Waals surface area contributed by atoms with Crippen LogP contribution in [0.5, 0.6) is 0 Å². The number of halogens is 4. The second kappa shape index (κ2) is 5.65. The standard InChI is InChI=1S/C13H11F4N3O/c14-7-1-2-9(10(5-7)13(15,16)17)12-19-8(3-4-18)6-11(21)20-12/h1-2,5-6H,3-4,18H2,(H,19,20,21). The zero-order chi connectivity index (χ0) is 15.6. The minimum atomic E-state index is -4.76. The lowest BCUT2D eigenvalue weighted by Gasteiger charge is -2.12. The molecular weight excluding hydrogens is 290 g/mol. The molecule has 0 bridgehead atoms. The van der Waals surface area contributed by atoms with Gasteiger partial charge in [0, 0.05) is 23.7 Å². The molecule has 2 aromatic rings. The molecule has 3 N–H and O–H groups in total. The Morgan fingerprint density at radius 3 is 2.57 bits per heavy atom. The van der Waals surface area contributed by atoms with Crippen molar-refractivity contribution in [1.29, 1.82) is 0 Å². The summed E-state index contributed by atoms with van der Waals surface area (Å²) >= 11 is 0. The molecule has 0 saturated heterocycles. The van der Waals surface area contributed by atoms with E-state index in [0.29, 0.717) is 6.07 Å². The van der Waals surface area contributed by atoms with E-state index in [-0.39, 0.29) is 30.0 Å². The molecule has 0 amide bonds. The summed E-state index contributed by atoms with van der Waals surface area (Å²) in [5.41, 5.74) is 3.42. The zero-order valence-electron chi connectivity index (χ0n) is 10.7. The predicted octanol–water partition coefficient (Wildman–Crippen LogP) is 2.10. The number of hydrogen-bond donors (Lipinski definition) is 2. The Hall–Kier alpha value is -2.22. The summed E-state index contributed by atoms with van der Waals surface area (Å²) in [6, 6.07) is 3.33. The average Bonchev–Trinajstić information content (AvgIpc) is 2.37. The normalized spacial score (nSPS) is 11.7. The lowest BCUT2D eigenvalue weighted by Crippen LogP contribution is -2.15. The summed E-state index contributed by atoms with van der Waals surface area (Å²) in [7, 11) is 0. The molecule has 4 nitrogen and oxygen atoms in total. The fraction of sp³-hybridized carbons (Fsp3) is 0.231. The molecule has 112 valence electrons. The first-order chi connectivity index (χ1) is 9.81. The van der Waals surface area contributed by atoms with Crippen LogP contribution in [0.25, 0.3) is 11.4 Å². The molecule has 0 fully saturated rings. The summed E-state index contributed by atoms with van der Waals surface area (Å²) in [5, 5.41) is 0. The largest absolute Gasteiger partial charge is 0.417 e. The first-order valence-electron chi connectivity index (χ1n) is 5.98. The van der Waals surface area contributed by atoms with E-state index in [4.69, 9.17) is 5.73 Å². The first kappa shape index (κ1) is 15.2. The van der Waals surface area contributed by atoms with Gasteiger partial charge in [0.25, 0.3) is 5.56 Å². The van der Waals surface area contributed by atoms with Gasteiger partial charge in [0.1, 0.15) is 11.6 Å². The Kier molecular flexibility index (Phi) is 4.08. The van der Waals surface area contributed by atoms with Gasteiger partial charge in [-0.05, 0) is 24.7 Å². The number of rotatable bonds is 3. The topological polar surface area (TPSA) is 71.8 Å². The van der Waals surface area contributed by atoms with E-state index in [0.717, 1.165) is 18.2 Å². The van der Waals surface area contributed by atoms with Crippen LogP contribution in [-0.4, -0.2) is 16.5 Å². The Labute approximate surface area is 116 Å². The molecule has 21 heavy (non-hydrogen) atoms. The quantitative estimate of drug-likeness (QED) is 0.853. The molecule has 1 aromatic heterocycles. The third-order valence-electron chi connectivity index (χ3n) is 2.74. The Morgan fingerprint density at radius 2 is 1.95 bits per heavy atom. The second-order valence-corrected chi connectivity index (χ2v) is 4.31. The maximum atomic E-state index is 13.1. The number of nitrogens with two attached hydrogens (primary N) is 1. The molecule has 0 radical (unpaired) electrons.